The van der Waals surface area contributed by atoms with E-state index in [1.54, 1.807) is 0 Å². The van der Waals surface area contributed by atoms with Crippen molar-refractivity contribution in [2.75, 3.05) is 26.7 Å². The van der Waals surface area contributed by atoms with Gasteiger partial charge in [0.2, 0.25) is 0 Å². The number of nitrogens with zero attached hydrogens (tertiary/aromatic N) is 1. The first kappa shape index (κ1) is 14.7. The highest BCUT2D eigenvalue weighted by Gasteiger charge is 2.01. The summed E-state index contributed by atoms with van der Waals surface area (Å²) in [4.78, 5) is 6.70. The third kappa shape index (κ3) is 5.45. The Morgan fingerprint density at radius 3 is 2.74 bits per heavy atom. The number of hydrogen-bond donors (Lipinski definition) is 1. The van der Waals surface area contributed by atoms with Crippen LogP contribution in [0.25, 0.3) is 0 Å². The van der Waals surface area contributed by atoms with Gasteiger partial charge in [-0.25, -0.2) is 0 Å². The number of rotatable bonds is 8. The molecule has 104 valence electrons. The summed E-state index contributed by atoms with van der Waals surface area (Å²) in [7, 11) is 2.20. The van der Waals surface area contributed by atoms with Crippen LogP contribution in [-0.4, -0.2) is 31.6 Å². The molecule has 0 aliphatic heterocycles. The molecular weight excluding hydrogens is 272 g/mol. The van der Waals surface area contributed by atoms with E-state index in [4.69, 9.17) is 0 Å². The van der Waals surface area contributed by atoms with Gasteiger partial charge in [0, 0.05) is 40.8 Å². The minimum Gasteiger partial charge on any atom is -0.311 e. The van der Waals surface area contributed by atoms with Gasteiger partial charge in [-0.2, -0.15) is 0 Å². The number of hydrogen-bond acceptors (Lipinski definition) is 4. The van der Waals surface area contributed by atoms with Crippen LogP contribution in [0.2, 0.25) is 0 Å². The molecular formula is C15H22N2S2. The van der Waals surface area contributed by atoms with E-state index in [-0.39, 0.29) is 0 Å². The van der Waals surface area contributed by atoms with Crippen molar-refractivity contribution in [3.63, 3.8) is 0 Å². The van der Waals surface area contributed by atoms with Gasteiger partial charge in [0.05, 0.1) is 0 Å². The average molecular weight is 294 g/mol. The zero-order valence-electron chi connectivity index (χ0n) is 11.7. The zero-order valence-corrected chi connectivity index (χ0v) is 13.3. The molecule has 0 atom stereocenters. The fourth-order valence-corrected chi connectivity index (χ4v) is 3.49. The first-order valence-electron chi connectivity index (χ1n) is 6.71. The lowest BCUT2D eigenvalue weighted by Crippen LogP contribution is -2.30. The SMILES string of the molecule is Cc1ccc(CNCCN(C)CCc2cccs2)s1. The molecule has 0 amide bonds. The summed E-state index contributed by atoms with van der Waals surface area (Å²) in [6.45, 7) is 6.46. The highest BCUT2D eigenvalue weighted by Crippen LogP contribution is 2.14. The van der Waals surface area contributed by atoms with Crippen molar-refractivity contribution in [3.8, 4) is 0 Å². The maximum Gasteiger partial charge on any atom is 0.0300 e. The van der Waals surface area contributed by atoms with Crippen molar-refractivity contribution >= 4 is 22.7 Å². The van der Waals surface area contributed by atoms with E-state index in [0.717, 1.165) is 32.6 Å². The van der Waals surface area contributed by atoms with Crippen molar-refractivity contribution in [2.45, 2.75) is 19.9 Å². The third-order valence-corrected chi connectivity index (χ3v) is 5.02. The van der Waals surface area contributed by atoms with Crippen LogP contribution in [0.15, 0.2) is 29.6 Å². The Morgan fingerprint density at radius 2 is 2.05 bits per heavy atom. The quantitative estimate of drug-likeness (QED) is 0.751. The Kier molecular flexibility index (Phi) is 6.04. The fraction of sp³-hybridized carbons (Fsp3) is 0.467. The molecule has 2 aromatic heterocycles. The van der Waals surface area contributed by atoms with Gasteiger partial charge in [0.15, 0.2) is 0 Å². The van der Waals surface area contributed by atoms with Gasteiger partial charge in [-0.05, 0) is 44.0 Å². The predicted molar refractivity (Wildman–Crippen MR) is 86.3 cm³/mol. The molecule has 0 bridgehead atoms. The summed E-state index contributed by atoms with van der Waals surface area (Å²) in [5, 5.41) is 5.66. The Morgan fingerprint density at radius 1 is 1.16 bits per heavy atom. The summed E-state index contributed by atoms with van der Waals surface area (Å²) < 4.78 is 0. The van der Waals surface area contributed by atoms with Gasteiger partial charge < -0.3 is 10.2 Å². The lowest BCUT2D eigenvalue weighted by molar-refractivity contribution is 0.336. The molecule has 0 saturated carbocycles. The minimum absolute atomic E-state index is 0.997. The number of thiophene rings is 2. The summed E-state index contributed by atoms with van der Waals surface area (Å²) in [6, 6.07) is 8.75. The van der Waals surface area contributed by atoms with Gasteiger partial charge >= 0.3 is 0 Å². The van der Waals surface area contributed by atoms with E-state index >= 15 is 0 Å². The summed E-state index contributed by atoms with van der Waals surface area (Å²) in [5.74, 6) is 0. The molecule has 2 aromatic rings. The van der Waals surface area contributed by atoms with E-state index in [9.17, 15) is 0 Å². The van der Waals surface area contributed by atoms with Gasteiger partial charge in [0.1, 0.15) is 0 Å². The second-order valence-electron chi connectivity index (χ2n) is 4.82. The molecule has 1 N–H and O–H groups in total. The largest absolute Gasteiger partial charge is 0.311 e. The molecule has 0 unspecified atom stereocenters. The fourth-order valence-electron chi connectivity index (χ4n) is 1.93. The summed E-state index contributed by atoms with van der Waals surface area (Å²) in [6.07, 6.45) is 1.16. The maximum absolute atomic E-state index is 3.51. The molecule has 2 nitrogen and oxygen atoms in total. The summed E-state index contributed by atoms with van der Waals surface area (Å²) in [5.41, 5.74) is 0. The highest BCUT2D eigenvalue weighted by molar-refractivity contribution is 7.11. The van der Waals surface area contributed by atoms with Gasteiger partial charge in [-0.1, -0.05) is 6.07 Å². The molecule has 0 aliphatic rings. The molecule has 0 saturated heterocycles. The van der Waals surface area contributed by atoms with Crippen LogP contribution in [0.1, 0.15) is 14.6 Å². The lowest BCUT2D eigenvalue weighted by Gasteiger charge is -2.16. The van der Waals surface area contributed by atoms with Crippen LogP contribution in [-0.2, 0) is 13.0 Å². The molecule has 0 spiro atoms. The van der Waals surface area contributed by atoms with Crippen molar-refractivity contribution in [1.29, 1.82) is 0 Å². The molecule has 4 heteroatoms. The Labute approximate surface area is 124 Å². The number of aryl methyl sites for hydroxylation is 1. The first-order valence-corrected chi connectivity index (χ1v) is 8.40. The van der Waals surface area contributed by atoms with Crippen LogP contribution in [0, 0.1) is 6.92 Å². The zero-order chi connectivity index (χ0) is 13.5. The maximum atomic E-state index is 3.51. The first-order chi connectivity index (χ1) is 9.24. The standard InChI is InChI=1S/C15H22N2S2/c1-13-5-6-15(19-13)12-16-8-10-17(2)9-7-14-4-3-11-18-14/h3-6,11,16H,7-10,12H2,1-2H3. The second kappa shape index (κ2) is 7.80. The normalized spacial score (nSPS) is 11.3. The Bertz CT molecular complexity index is 462. The van der Waals surface area contributed by atoms with Crippen LogP contribution in [0.3, 0.4) is 0 Å². The Balaban J connectivity index is 1.55. The smallest absolute Gasteiger partial charge is 0.0300 e. The molecule has 0 aliphatic carbocycles. The highest BCUT2D eigenvalue weighted by atomic mass is 32.1. The topological polar surface area (TPSA) is 15.3 Å². The van der Waals surface area contributed by atoms with E-state index in [1.807, 2.05) is 22.7 Å². The molecule has 0 fully saturated rings. The predicted octanol–water partition coefficient (Wildman–Crippen LogP) is 3.38. The van der Waals surface area contributed by atoms with E-state index in [0.29, 0.717) is 0 Å². The second-order valence-corrected chi connectivity index (χ2v) is 7.23. The molecule has 19 heavy (non-hydrogen) atoms. The van der Waals surface area contributed by atoms with E-state index < -0.39 is 0 Å². The molecule has 0 radical (unpaired) electrons. The minimum atomic E-state index is 0.997. The molecule has 2 heterocycles. The number of likely N-dealkylation sites (N-methyl/N-ethyl adjacent to an activating group) is 1. The Hall–Kier alpha value is -0.680. The van der Waals surface area contributed by atoms with Crippen molar-refractivity contribution < 1.29 is 0 Å². The van der Waals surface area contributed by atoms with Crippen LogP contribution in [0.5, 0.6) is 0 Å². The van der Waals surface area contributed by atoms with E-state index in [2.05, 4.69) is 53.8 Å². The van der Waals surface area contributed by atoms with Crippen LogP contribution in [0.4, 0.5) is 0 Å². The summed E-state index contributed by atoms with van der Waals surface area (Å²) >= 11 is 3.73. The van der Waals surface area contributed by atoms with Gasteiger partial charge in [-0.3, -0.25) is 0 Å². The van der Waals surface area contributed by atoms with Crippen molar-refractivity contribution in [3.05, 3.63) is 44.3 Å². The van der Waals surface area contributed by atoms with Crippen LogP contribution >= 0.6 is 22.7 Å². The van der Waals surface area contributed by atoms with Crippen molar-refractivity contribution in [2.24, 2.45) is 0 Å². The van der Waals surface area contributed by atoms with Gasteiger partial charge in [-0.15, -0.1) is 22.7 Å². The van der Waals surface area contributed by atoms with E-state index in [1.165, 1.54) is 14.6 Å². The average Bonchev–Trinajstić information content (AvgIpc) is 3.04. The lowest BCUT2D eigenvalue weighted by atomic mass is 10.3. The van der Waals surface area contributed by atoms with Crippen molar-refractivity contribution in [1.82, 2.24) is 10.2 Å². The molecule has 0 aromatic carbocycles. The van der Waals surface area contributed by atoms with Gasteiger partial charge in [0.25, 0.3) is 0 Å². The monoisotopic (exact) mass is 294 g/mol. The number of nitrogens with one attached hydrogen (secondary N) is 1. The van der Waals surface area contributed by atoms with Crippen LogP contribution < -0.4 is 5.32 Å². The molecule has 2 rings (SSSR count). The third-order valence-electron chi connectivity index (χ3n) is 3.09.